The Morgan fingerprint density at radius 3 is 2.59 bits per heavy atom. The van der Waals surface area contributed by atoms with Crippen molar-refractivity contribution in [3.05, 3.63) is 41.5 Å². The van der Waals surface area contributed by atoms with Crippen LogP contribution in [0.25, 0.3) is 0 Å². The van der Waals surface area contributed by atoms with Gasteiger partial charge in [-0.15, -0.1) is 0 Å². The Morgan fingerprint density at radius 2 is 1.94 bits per heavy atom. The summed E-state index contributed by atoms with van der Waals surface area (Å²) in [5, 5.41) is 2.21. The second-order valence-electron chi connectivity index (χ2n) is 7.86. The molecule has 3 heterocycles. The number of ether oxygens (including phenoxy) is 2. The van der Waals surface area contributed by atoms with Crippen LogP contribution in [0.15, 0.2) is 23.2 Å². The van der Waals surface area contributed by atoms with Gasteiger partial charge in [-0.2, -0.15) is 0 Å². The number of nitrogens with one attached hydrogen (secondary N) is 2. The molecule has 1 saturated heterocycles. The third kappa shape index (κ3) is 4.30. The second-order valence-corrected chi connectivity index (χ2v) is 9.54. The number of halogens is 3. The summed E-state index contributed by atoms with van der Waals surface area (Å²) in [6.07, 6.45) is 0.815. The molecule has 2 atom stereocenters. The van der Waals surface area contributed by atoms with Crippen LogP contribution in [0.5, 0.6) is 5.75 Å². The summed E-state index contributed by atoms with van der Waals surface area (Å²) >= 11 is 0. The molecule has 0 aliphatic carbocycles. The zero-order valence-corrected chi connectivity index (χ0v) is 18.9. The van der Waals surface area contributed by atoms with Crippen molar-refractivity contribution in [3.8, 4) is 5.75 Å². The highest BCUT2D eigenvalue weighted by molar-refractivity contribution is 7.89. The molecule has 0 spiro atoms. The highest BCUT2D eigenvalue weighted by Gasteiger charge is 2.42. The predicted molar refractivity (Wildman–Crippen MR) is 111 cm³/mol. The molecule has 0 unspecified atom stereocenters. The molecule has 2 bridgehead atoms. The minimum atomic E-state index is -4.17. The van der Waals surface area contributed by atoms with Gasteiger partial charge < -0.3 is 24.3 Å². The number of sulfonamides is 1. The van der Waals surface area contributed by atoms with Crippen LogP contribution >= 0.6 is 0 Å². The molecule has 0 radical (unpaired) electrons. The lowest BCUT2D eigenvalue weighted by Gasteiger charge is -2.24. The van der Waals surface area contributed by atoms with Crippen molar-refractivity contribution in [1.29, 1.82) is 0 Å². The molecular formula is C20H21F3N4O6S. The molecule has 1 aromatic heterocycles. The van der Waals surface area contributed by atoms with Crippen molar-refractivity contribution in [2.45, 2.75) is 30.3 Å². The van der Waals surface area contributed by atoms with Crippen LogP contribution in [-0.2, 0) is 21.8 Å². The normalized spacial score (nSPS) is 21.0. The molecule has 2 aromatic rings. The first-order valence-electron chi connectivity index (χ1n) is 10.3. The van der Waals surface area contributed by atoms with E-state index in [1.165, 1.54) is 22.7 Å². The number of benzene rings is 1. The summed E-state index contributed by atoms with van der Waals surface area (Å²) in [5.74, 6) is -5.96. The lowest BCUT2D eigenvalue weighted by atomic mass is 10.2. The number of nitrogens with zero attached hydrogens (tertiary/aromatic N) is 2. The van der Waals surface area contributed by atoms with Crippen LogP contribution in [0.1, 0.15) is 23.8 Å². The highest BCUT2D eigenvalue weighted by Crippen LogP contribution is 2.34. The molecule has 10 nitrogen and oxygen atoms in total. The Hall–Kier alpha value is -3.26. The van der Waals surface area contributed by atoms with Crippen molar-refractivity contribution in [2.75, 3.05) is 25.1 Å². The van der Waals surface area contributed by atoms with E-state index in [0.717, 1.165) is 0 Å². The molecule has 184 valence electrons. The lowest BCUT2D eigenvalue weighted by Crippen LogP contribution is -2.42. The van der Waals surface area contributed by atoms with Gasteiger partial charge in [0.05, 0.1) is 12.6 Å². The van der Waals surface area contributed by atoms with Gasteiger partial charge in [0.25, 0.3) is 5.91 Å². The van der Waals surface area contributed by atoms with E-state index >= 15 is 0 Å². The first-order valence-corrected chi connectivity index (χ1v) is 11.7. The van der Waals surface area contributed by atoms with E-state index in [9.17, 15) is 31.2 Å². The van der Waals surface area contributed by atoms with Gasteiger partial charge in [0.1, 0.15) is 11.5 Å². The predicted octanol–water partition coefficient (Wildman–Crippen LogP) is 1.96. The quantitative estimate of drug-likeness (QED) is 0.620. The number of aryl methyl sites for hydroxylation is 1. The maximum atomic E-state index is 13.5. The van der Waals surface area contributed by atoms with Gasteiger partial charge in [-0.25, -0.2) is 31.1 Å². The summed E-state index contributed by atoms with van der Waals surface area (Å²) in [6.45, 7) is 1.73. The van der Waals surface area contributed by atoms with E-state index in [2.05, 4.69) is 10.0 Å². The Bertz CT molecular complexity index is 1240. The molecule has 2 aliphatic heterocycles. The van der Waals surface area contributed by atoms with Gasteiger partial charge >= 0.3 is 6.09 Å². The van der Waals surface area contributed by atoms with Crippen LogP contribution in [-0.4, -0.2) is 61.7 Å². The maximum absolute atomic E-state index is 13.5. The Kier molecular flexibility index (Phi) is 6.20. The molecule has 34 heavy (non-hydrogen) atoms. The van der Waals surface area contributed by atoms with Crippen molar-refractivity contribution >= 4 is 27.7 Å². The largest absolute Gasteiger partial charge is 0.488 e. The Balaban J connectivity index is 1.68. The maximum Gasteiger partial charge on any atom is 0.410 e. The third-order valence-electron chi connectivity index (χ3n) is 5.51. The van der Waals surface area contributed by atoms with Gasteiger partial charge in [0.2, 0.25) is 10.0 Å². The number of hydrogen-bond acceptors (Lipinski definition) is 6. The number of carbonyl (C=O) groups is 2. The average molecular weight is 502 g/mol. The van der Waals surface area contributed by atoms with Crippen LogP contribution in [0.4, 0.5) is 23.7 Å². The van der Waals surface area contributed by atoms with Crippen molar-refractivity contribution in [2.24, 2.45) is 7.05 Å². The summed E-state index contributed by atoms with van der Waals surface area (Å²) in [7, 11) is -2.79. The third-order valence-corrected chi connectivity index (χ3v) is 7.02. The summed E-state index contributed by atoms with van der Waals surface area (Å²) in [6, 6.07) is 0.0397. The molecule has 4 rings (SSSR count). The number of amides is 2. The number of anilines is 1. The van der Waals surface area contributed by atoms with Gasteiger partial charge in [-0.05, 0) is 13.3 Å². The fraction of sp³-hybridized carbons (Fsp3) is 0.400. The number of hydrogen-bond donors (Lipinski definition) is 2. The van der Waals surface area contributed by atoms with Crippen LogP contribution < -0.4 is 14.8 Å². The molecule has 1 fully saturated rings. The molecule has 0 saturated carbocycles. The highest BCUT2D eigenvalue weighted by atomic mass is 32.2. The van der Waals surface area contributed by atoms with Crippen LogP contribution in [0.3, 0.4) is 0 Å². The smallest absolute Gasteiger partial charge is 0.410 e. The number of carbonyl (C=O) groups excluding carboxylic acids is 2. The van der Waals surface area contributed by atoms with E-state index in [0.29, 0.717) is 12.1 Å². The summed E-state index contributed by atoms with van der Waals surface area (Å²) < 4.78 is 80.9. The second kappa shape index (κ2) is 8.83. The number of likely N-dealkylation sites (tertiary alicyclic amines) is 1. The fourth-order valence-electron chi connectivity index (χ4n) is 4.04. The molecular weight excluding hydrogens is 481 g/mol. The van der Waals surface area contributed by atoms with Crippen molar-refractivity contribution < 1.29 is 40.7 Å². The number of fused-ring (bicyclic) bond motifs is 3. The molecule has 14 heteroatoms. The minimum Gasteiger partial charge on any atom is -0.488 e. The van der Waals surface area contributed by atoms with Crippen LogP contribution in [0.2, 0.25) is 0 Å². The van der Waals surface area contributed by atoms with Gasteiger partial charge in [-0.1, -0.05) is 0 Å². The standard InChI is InChI=1S/C20H21F3N4O6S/c1-3-32-20(29)27-7-11-4-12(27)9-33-18-15(34(30,31)25-11)8-26(2)17(18)19(28)24-10-5-13(21)16(23)14(22)6-10/h5-6,8,11-12,25H,3-4,7,9H2,1-2H3,(H,24,28)/t11-,12-/m1/s1. The Morgan fingerprint density at radius 1 is 1.26 bits per heavy atom. The van der Waals surface area contributed by atoms with Gasteiger partial charge in [-0.3, -0.25) is 4.79 Å². The lowest BCUT2D eigenvalue weighted by molar-refractivity contribution is 0.0898. The average Bonchev–Trinajstić information content (AvgIpc) is 3.31. The minimum absolute atomic E-state index is 0.0866. The van der Waals surface area contributed by atoms with Crippen LogP contribution in [0, 0.1) is 17.5 Å². The van der Waals surface area contributed by atoms with Crippen molar-refractivity contribution in [3.63, 3.8) is 0 Å². The zero-order valence-electron chi connectivity index (χ0n) is 18.1. The molecule has 2 aliphatic rings. The number of rotatable bonds is 3. The fourth-order valence-corrected chi connectivity index (χ4v) is 5.47. The first-order chi connectivity index (χ1) is 16.0. The van der Waals surface area contributed by atoms with E-state index in [4.69, 9.17) is 9.47 Å². The van der Waals surface area contributed by atoms with E-state index < -0.39 is 51.6 Å². The first kappa shape index (κ1) is 23.9. The molecule has 2 amide bonds. The number of aromatic nitrogens is 1. The monoisotopic (exact) mass is 502 g/mol. The van der Waals surface area contributed by atoms with E-state index in [-0.39, 0.29) is 48.2 Å². The van der Waals surface area contributed by atoms with Crippen molar-refractivity contribution in [1.82, 2.24) is 14.2 Å². The zero-order chi connectivity index (χ0) is 24.8. The van der Waals surface area contributed by atoms with E-state index in [1.807, 2.05) is 0 Å². The summed E-state index contributed by atoms with van der Waals surface area (Å²) in [5.41, 5.74) is -0.640. The molecule has 2 N–H and O–H groups in total. The topological polar surface area (TPSA) is 119 Å². The van der Waals surface area contributed by atoms with Gasteiger partial charge in [0, 0.05) is 43.7 Å². The Labute approximate surface area is 192 Å². The molecule has 1 aromatic carbocycles. The SMILES string of the molecule is CCOC(=O)N1C[C@H]2C[C@@H]1COc1c(cn(C)c1C(=O)Nc1cc(F)c(F)c(F)c1)S(=O)(=O)N2. The summed E-state index contributed by atoms with van der Waals surface area (Å²) in [4.78, 5) is 26.3. The van der Waals surface area contributed by atoms with E-state index in [1.54, 1.807) is 6.92 Å². The van der Waals surface area contributed by atoms with Gasteiger partial charge in [0.15, 0.2) is 28.9 Å².